The predicted molar refractivity (Wildman–Crippen MR) is 86.5 cm³/mol. The number of carbonyl (C=O) groups excluding carboxylic acids is 2. The molecule has 0 saturated heterocycles. The number of hydrogen-bond acceptors (Lipinski definition) is 5. The Morgan fingerprint density at radius 3 is 2.70 bits per heavy atom. The fraction of sp³-hybridized carbons (Fsp3) is 0.588. The molecule has 0 aliphatic carbocycles. The number of anilines is 1. The number of methoxy groups -OCH3 is 1. The number of amides is 1. The van der Waals surface area contributed by atoms with Gasteiger partial charge in [0.1, 0.15) is 11.4 Å². The van der Waals surface area contributed by atoms with Crippen LogP contribution >= 0.6 is 0 Å². The molecule has 0 N–H and O–H groups in total. The molecular weight excluding hydrogens is 296 g/mol. The molecule has 0 saturated carbocycles. The third-order valence-corrected chi connectivity index (χ3v) is 3.52. The second-order valence-corrected chi connectivity index (χ2v) is 6.60. The van der Waals surface area contributed by atoms with Gasteiger partial charge in [-0.2, -0.15) is 0 Å². The molecule has 0 fully saturated rings. The molecule has 23 heavy (non-hydrogen) atoms. The predicted octanol–water partition coefficient (Wildman–Crippen LogP) is 2.87. The smallest absolute Gasteiger partial charge is 0.416 e. The van der Waals surface area contributed by atoms with Gasteiger partial charge in [0.2, 0.25) is 0 Å². The summed E-state index contributed by atoms with van der Waals surface area (Å²) in [5.74, 6) is 0.376. The van der Waals surface area contributed by atoms with Crippen molar-refractivity contribution in [1.29, 1.82) is 0 Å². The van der Waals surface area contributed by atoms with E-state index in [4.69, 9.17) is 4.74 Å². The Bertz CT molecular complexity index is 593. The van der Waals surface area contributed by atoms with Crippen LogP contribution in [0.25, 0.3) is 0 Å². The summed E-state index contributed by atoms with van der Waals surface area (Å²) >= 11 is 0. The Hall–Kier alpha value is -2.11. The van der Waals surface area contributed by atoms with E-state index in [1.54, 1.807) is 4.90 Å². The van der Waals surface area contributed by atoms with Gasteiger partial charge in [-0.05, 0) is 45.2 Å². The van der Waals surface area contributed by atoms with Crippen molar-refractivity contribution < 1.29 is 19.1 Å². The molecule has 6 nitrogen and oxygen atoms in total. The molecule has 0 radical (unpaired) electrons. The van der Waals surface area contributed by atoms with Crippen molar-refractivity contribution in [2.75, 3.05) is 18.6 Å². The Labute approximate surface area is 136 Å². The van der Waals surface area contributed by atoms with Crippen LogP contribution in [0.5, 0.6) is 0 Å². The van der Waals surface area contributed by atoms with Crippen LogP contribution in [0.4, 0.5) is 10.6 Å². The van der Waals surface area contributed by atoms with Crippen molar-refractivity contribution >= 4 is 17.9 Å². The monoisotopic (exact) mass is 320 g/mol. The van der Waals surface area contributed by atoms with E-state index in [1.165, 1.54) is 7.11 Å². The average molecular weight is 320 g/mol. The lowest BCUT2D eigenvalue weighted by atomic mass is 10.0. The normalized spacial score (nSPS) is 14.2. The zero-order chi connectivity index (χ0) is 17.0. The van der Waals surface area contributed by atoms with E-state index in [0.29, 0.717) is 18.8 Å². The third kappa shape index (κ3) is 4.68. The van der Waals surface area contributed by atoms with Gasteiger partial charge >= 0.3 is 12.1 Å². The second kappa shape index (κ2) is 6.98. The van der Waals surface area contributed by atoms with E-state index in [9.17, 15) is 9.59 Å². The van der Waals surface area contributed by atoms with Gasteiger partial charge in [0.25, 0.3) is 0 Å². The highest BCUT2D eigenvalue weighted by Crippen LogP contribution is 2.27. The largest absolute Gasteiger partial charge is 0.469 e. The Morgan fingerprint density at radius 2 is 2.04 bits per heavy atom. The fourth-order valence-corrected chi connectivity index (χ4v) is 2.44. The zero-order valence-electron chi connectivity index (χ0n) is 14.2. The molecule has 2 rings (SSSR count). The summed E-state index contributed by atoms with van der Waals surface area (Å²) in [5, 5.41) is 0. The molecule has 2 heterocycles. The van der Waals surface area contributed by atoms with Gasteiger partial charge in [0.15, 0.2) is 0 Å². The first-order valence-corrected chi connectivity index (χ1v) is 7.86. The number of rotatable bonds is 3. The van der Waals surface area contributed by atoms with Crippen LogP contribution in [0.1, 0.15) is 44.9 Å². The lowest BCUT2D eigenvalue weighted by Crippen LogP contribution is -2.40. The van der Waals surface area contributed by atoms with Crippen molar-refractivity contribution in [2.45, 2.75) is 52.1 Å². The quantitative estimate of drug-likeness (QED) is 0.801. The summed E-state index contributed by atoms with van der Waals surface area (Å²) < 4.78 is 10.1. The molecule has 1 aromatic rings. The number of ether oxygens (including phenoxy) is 2. The molecule has 1 aromatic heterocycles. The Balaban J connectivity index is 2.18. The first-order valence-electron chi connectivity index (χ1n) is 7.86. The van der Waals surface area contributed by atoms with Crippen LogP contribution in [-0.2, 0) is 27.1 Å². The van der Waals surface area contributed by atoms with E-state index in [1.807, 2.05) is 32.9 Å². The summed E-state index contributed by atoms with van der Waals surface area (Å²) in [5.41, 5.74) is 1.26. The Morgan fingerprint density at radius 1 is 1.30 bits per heavy atom. The van der Waals surface area contributed by atoms with Gasteiger partial charge in [-0.25, -0.2) is 9.78 Å². The molecule has 0 atom stereocenters. The number of esters is 1. The summed E-state index contributed by atoms with van der Waals surface area (Å²) in [7, 11) is 1.37. The van der Waals surface area contributed by atoms with Crippen molar-refractivity contribution in [2.24, 2.45) is 0 Å². The maximum atomic E-state index is 12.4. The molecule has 6 heteroatoms. The first-order chi connectivity index (χ1) is 10.8. The minimum absolute atomic E-state index is 0.270. The van der Waals surface area contributed by atoms with Crippen LogP contribution in [0, 0.1) is 0 Å². The van der Waals surface area contributed by atoms with E-state index in [0.717, 1.165) is 24.1 Å². The highest BCUT2D eigenvalue weighted by Gasteiger charge is 2.28. The number of carbonyl (C=O) groups is 2. The topological polar surface area (TPSA) is 68.7 Å². The van der Waals surface area contributed by atoms with Crippen LogP contribution in [-0.4, -0.2) is 36.3 Å². The standard InChI is InChI=1S/C17H24N2O4/c1-17(2,3)23-16(21)19-11-5-6-12-7-8-13(18-15(12)19)9-10-14(20)22-4/h7-8H,5-6,9-11H2,1-4H3. The van der Waals surface area contributed by atoms with Gasteiger partial charge in [-0.1, -0.05) is 6.07 Å². The zero-order valence-corrected chi connectivity index (χ0v) is 14.2. The molecule has 1 aliphatic heterocycles. The van der Waals surface area contributed by atoms with E-state index < -0.39 is 5.60 Å². The van der Waals surface area contributed by atoms with Crippen molar-refractivity contribution in [1.82, 2.24) is 4.98 Å². The molecule has 1 amide bonds. The Kier molecular flexibility index (Phi) is 5.23. The molecule has 0 spiro atoms. The molecule has 0 unspecified atom stereocenters. The molecule has 0 bridgehead atoms. The SMILES string of the molecule is COC(=O)CCc1ccc2c(n1)N(C(=O)OC(C)(C)C)CCC2. The van der Waals surface area contributed by atoms with Crippen molar-refractivity contribution in [3.05, 3.63) is 23.4 Å². The number of aromatic nitrogens is 1. The maximum Gasteiger partial charge on any atom is 0.416 e. The van der Waals surface area contributed by atoms with Crippen LogP contribution in [0.2, 0.25) is 0 Å². The molecule has 0 aromatic carbocycles. The number of fused-ring (bicyclic) bond motifs is 1. The van der Waals surface area contributed by atoms with E-state index >= 15 is 0 Å². The molecule has 126 valence electrons. The van der Waals surface area contributed by atoms with E-state index in [-0.39, 0.29) is 18.5 Å². The summed E-state index contributed by atoms with van der Waals surface area (Å²) in [4.78, 5) is 29.8. The maximum absolute atomic E-state index is 12.4. The molecular formula is C17H24N2O4. The van der Waals surface area contributed by atoms with Crippen molar-refractivity contribution in [3.8, 4) is 0 Å². The van der Waals surface area contributed by atoms with Gasteiger partial charge in [0.05, 0.1) is 13.5 Å². The van der Waals surface area contributed by atoms with Crippen molar-refractivity contribution in [3.63, 3.8) is 0 Å². The van der Waals surface area contributed by atoms with Gasteiger partial charge in [0, 0.05) is 18.7 Å². The average Bonchev–Trinajstić information content (AvgIpc) is 2.50. The molecule has 1 aliphatic rings. The van der Waals surface area contributed by atoms with Crippen LogP contribution in [0.15, 0.2) is 12.1 Å². The number of nitrogens with zero attached hydrogens (tertiary/aromatic N) is 2. The lowest BCUT2D eigenvalue weighted by molar-refractivity contribution is -0.140. The fourth-order valence-electron chi connectivity index (χ4n) is 2.44. The van der Waals surface area contributed by atoms with Crippen LogP contribution in [0.3, 0.4) is 0 Å². The summed E-state index contributed by atoms with van der Waals surface area (Å²) in [6, 6.07) is 3.88. The van der Waals surface area contributed by atoms with Gasteiger partial charge < -0.3 is 9.47 Å². The second-order valence-electron chi connectivity index (χ2n) is 6.60. The van der Waals surface area contributed by atoms with E-state index in [2.05, 4.69) is 9.72 Å². The minimum atomic E-state index is -0.544. The van der Waals surface area contributed by atoms with Crippen LogP contribution < -0.4 is 4.90 Å². The van der Waals surface area contributed by atoms with Gasteiger partial charge in [-0.15, -0.1) is 0 Å². The van der Waals surface area contributed by atoms with Gasteiger partial charge in [-0.3, -0.25) is 9.69 Å². The number of aryl methyl sites for hydroxylation is 2. The minimum Gasteiger partial charge on any atom is -0.469 e. The third-order valence-electron chi connectivity index (χ3n) is 3.52. The number of hydrogen-bond donors (Lipinski definition) is 0. The highest BCUT2D eigenvalue weighted by atomic mass is 16.6. The first kappa shape index (κ1) is 17.2. The summed E-state index contributed by atoms with van der Waals surface area (Å²) in [6.07, 6.45) is 2.15. The summed E-state index contributed by atoms with van der Waals surface area (Å²) in [6.45, 7) is 6.12. The lowest BCUT2D eigenvalue weighted by Gasteiger charge is -2.31. The highest BCUT2D eigenvalue weighted by molar-refractivity contribution is 5.88. The number of pyridine rings is 1.